The zero-order chi connectivity index (χ0) is 12.7. The number of alkyl halides is 1. The molecule has 1 rings (SSSR count). The van der Waals surface area contributed by atoms with Crippen LogP contribution in [-0.4, -0.2) is 24.7 Å². The molecule has 3 nitrogen and oxygen atoms in total. The van der Waals surface area contributed by atoms with E-state index in [4.69, 9.17) is 9.05 Å². The minimum absolute atomic E-state index is 0.466. The highest BCUT2D eigenvalue weighted by Crippen LogP contribution is 2.51. The normalized spacial score (nSPS) is 26.1. The summed E-state index contributed by atoms with van der Waals surface area (Å²) in [6.45, 7) is 4.67. The Balaban J connectivity index is 2.43. The number of rotatable bonds is 7. The molecule has 0 atom stereocenters. The van der Waals surface area contributed by atoms with Crippen molar-refractivity contribution in [2.24, 2.45) is 11.8 Å². The fourth-order valence-electron chi connectivity index (χ4n) is 2.42. The molecule has 0 bridgehead atoms. The van der Waals surface area contributed by atoms with Crippen LogP contribution in [0.15, 0.2) is 0 Å². The van der Waals surface area contributed by atoms with E-state index in [0.717, 1.165) is 24.1 Å². The van der Waals surface area contributed by atoms with Crippen molar-refractivity contribution in [2.75, 3.05) is 24.7 Å². The van der Waals surface area contributed by atoms with Crippen LogP contribution in [0.4, 0.5) is 0 Å². The van der Waals surface area contributed by atoms with Crippen LogP contribution < -0.4 is 0 Å². The Kier molecular flexibility index (Phi) is 7.32. The molecule has 0 aromatic rings. The van der Waals surface area contributed by atoms with Gasteiger partial charge < -0.3 is 9.05 Å². The molecule has 0 aliphatic heterocycles. The molecule has 0 aromatic heterocycles. The highest BCUT2D eigenvalue weighted by atomic mass is 79.9. The minimum atomic E-state index is -2.83. The Bertz CT molecular complexity index is 242. The second-order valence-electron chi connectivity index (χ2n) is 4.67. The molecule has 0 radical (unpaired) electrons. The average molecular weight is 327 g/mol. The number of halogens is 1. The van der Waals surface area contributed by atoms with Crippen molar-refractivity contribution in [3.05, 3.63) is 0 Å². The highest BCUT2D eigenvalue weighted by molar-refractivity contribution is 9.09. The SMILES string of the molecule is CCOP(=O)(CC1CCC(CBr)CC1)OCC. The molecular weight excluding hydrogens is 303 g/mol. The zero-order valence-corrected chi connectivity index (χ0v) is 13.3. The first-order valence-corrected chi connectivity index (χ1v) is 9.42. The third-order valence-electron chi connectivity index (χ3n) is 3.32. The summed E-state index contributed by atoms with van der Waals surface area (Å²) < 4.78 is 23.1. The van der Waals surface area contributed by atoms with Crippen molar-refractivity contribution in [3.63, 3.8) is 0 Å². The van der Waals surface area contributed by atoms with Gasteiger partial charge in [-0.2, -0.15) is 0 Å². The maximum atomic E-state index is 12.4. The van der Waals surface area contributed by atoms with E-state index in [-0.39, 0.29) is 0 Å². The van der Waals surface area contributed by atoms with Crippen LogP contribution in [0.25, 0.3) is 0 Å². The van der Waals surface area contributed by atoms with Crippen LogP contribution in [0.1, 0.15) is 39.5 Å². The molecule has 0 N–H and O–H groups in total. The molecule has 0 aromatic carbocycles. The quantitative estimate of drug-likeness (QED) is 0.512. The number of hydrogen-bond acceptors (Lipinski definition) is 3. The lowest BCUT2D eigenvalue weighted by molar-refractivity contribution is 0.208. The van der Waals surface area contributed by atoms with Crippen LogP contribution in [0.5, 0.6) is 0 Å². The van der Waals surface area contributed by atoms with E-state index in [0.29, 0.717) is 25.3 Å². The van der Waals surface area contributed by atoms with E-state index < -0.39 is 7.60 Å². The van der Waals surface area contributed by atoms with Gasteiger partial charge in [-0.1, -0.05) is 15.9 Å². The molecule has 0 unspecified atom stereocenters. The minimum Gasteiger partial charge on any atom is -0.309 e. The molecule has 5 heteroatoms. The lowest BCUT2D eigenvalue weighted by Crippen LogP contribution is -2.19. The predicted octanol–water partition coefficient (Wildman–Crippen LogP) is 4.45. The van der Waals surface area contributed by atoms with Gasteiger partial charge >= 0.3 is 7.60 Å². The van der Waals surface area contributed by atoms with Crippen molar-refractivity contribution >= 4 is 23.5 Å². The Morgan fingerprint density at radius 1 is 1.06 bits per heavy atom. The van der Waals surface area contributed by atoms with Crippen LogP contribution >= 0.6 is 23.5 Å². The monoisotopic (exact) mass is 326 g/mol. The molecule has 0 saturated heterocycles. The summed E-state index contributed by atoms with van der Waals surface area (Å²) in [4.78, 5) is 0. The Morgan fingerprint density at radius 2 is 1.53 bits per heavy atom. The summed E-state index contributed by atoms with van der Waals surface area (Å²) in [5.74, 6) is 1.30. The van der Waals surface area contributed by atoms with Gasteiger partial charge in [0.2, 0.25) is 0 Å². The molecule has 0 spiro atoms. The van der Waals surface area contributed by atoms with E-state index >= 15 is 0 Å². The summed E-state index contributed by atoms with van der Waals surface area (Å²) in [6, 6.07) is 0. The van der Waals surface area contributed by atoms with Crippen LogP contribution in [0.3, 0.4) is 0 Å². The van der Waals surface area contributed by atoms with Gasteiger partial charge in [0.1, 0.15) is 0 Å². The largest absolute Gasteiger partial charge is 0.330 e. The van der Waals surface area contributed by atoms with Gasteiger partial charge in [-0.3, -0.25) is 4.57 Å². The zero-order valence-electron chi connectivity index (χ0n) is 10.9. The third kappa shape index (κ3) is 5.42. The first kappa shape index (κ1) is 15.7. The lowest BCUT2D eigenvalue weighted by Gasteiger charge is -2.29. The molecule has 1 fully saturated rings. The smallest absolute Gasteiger partial charge is 0.309 e. The summed E-state index contributed by atoms with van der Waals surface area (Å²) in [6.07, 6.45) is 5.37. The summed E-state index contributed by atoms with van der Waals surface area (Å²) in [5.41, 5.74) is 0. The molecule has 0 heterocycles. The Hall–Kier alpha value is 0.630. The molecule has 0 amide bonds. The van der Waals surface area contributed by atoms with Crippen molar-refractivity contribution in [1.82, 2.24) is 0 Å². The summed E-state index contributed by atoms with van der Waals surface area (Å²) in [7, 11) is -2.83. The van der Waals surface area contributed by atoms with Gasteiger partial charge in [0.15, 0.2) is 0 Å². The van der Waals surface area contributed by atoms with Gasteiger partial charge in [0, 0.05) is 5.33 Å². The van der Waals surface area contributed by atoms with E-state index in [1.807, 2.05) is 13.8 Å². The van der Waals surface area contributed by atoms with Crippen molar-refractivity contribution in [2.45, 2.75) is 39.5 Å². The van der Waals surface area contributed by atoms with Crippen LogP contribution in [-0.2, 0) is 13.6 Å². The number of hydrogen-bond donors (Lipinski definition) is 0. The maximum absolute atomic E-state index is 12.4. The first-order chi connectivity index (χ1) is 8.13. The maximum Gasteiger partial charge on any atom is 0.330 e. The second-order valence-corrected chi connectivity index (χ2v) is 7.42. The highest BCUT2D eigenvalue weighted by Gasteiger charge is 2.30. The molecule has 1 aliphatic rings. The van der Waals surface area contributed by atoms with Crippen molar-refractivity contribution in [1.29, 1.82) is 0 Å². The predicted molar refractivity (Wildman–Crippen MR) is 75.0 cm³/mol. The first-order valence-electron chi connectivity index (χ1n) is 6.57. The van der Waals surface area contributed by atoms with Gasteiger partial charge in [-0.25, -0.2) is 0 Å². The summed E-state index contributed by atoms with van der Waals surface area (Å²) in [5, 5.41) is 1.09. The van der Waals surface area contributed by atoms with E-state index in [2.05, 4.69) is 15.9 Å². The van der Waals surface area contributed by atoms with Crippen LogP contribution in [0, 0.1) is 11.8 Å². The lowest BCUT2D eigenvalue weighted by atomic mass is 9.84. The molecular formula is C12H24BrO3P. The van der Waals surface area contributed by atoms with Gasteiger partial charge in [0.25, 0.3) is 0 Å². The Labute approximate surface area is 113 Å². The molecule has 1 aliphatic carbocycles. The van der Waals surface area contributed by atoms with Gasteiger partial charge in [-0.05, 0) is 51.4 Å². The third-order valence-corrected chi connectivity index (χ3v) is 6.50. The van der Waals surface area contributed by atoms with E-state index in [1.54, 1.807) is 0 Å². The van der Waals surface area contributed by atoms with Crippen LogP contribution in [0.2, 0.25) is 0 Å². The average Bonchev–Trinajstić information content (AvgIpc) is 2.30. The topological polar surface area (TPSA) is 35.5 Å². The molecule has 102 valence electrons. The standard InChI is InChI=1S/C12H24BrO3P/c1-3-15-17(14,16-4-2)10-12-7-5-11(9-13)6-8-12/h11-12H,3-10H2,1-2H3. The second kappa shape index (κ2) is 7.93. The Morgan fingerprint density at radius 3 is 1.94 bits per heavy atom. The van der Waals surface area contributed by atoms with Gasteiger partial charge in [-0.15, -0.1) is 0 Å². The van der Waals surface area contributed by atoms with E-state index in [9.17, 15) is 4.57 Å². The van der Waals surface area contributed by atoms with Crippen molar-refractivity contribution in [3.8, 4) is 0 Å². The fourth-order valence-corrected chi connectivity index (χ4v) is 5.14. The van der Waals surface area contributed by atoms with E-state index in [1.165, 1.54) is 12.8 Å². The summed E-state index contributed by atoms with van der Waals surface area (Å²) >= 11 is 3.54. The molecule has 17 heavy (non-hydrogen) atoms. The fraction of sp³-hybridized carbons (Fsp3) is 1.00. The molecule has 1 saturated carbocycles. The van der Waals surface area contributed by atoms with Gasteiger partial charge in [0.05, 0.1) is 19.4 Å². The van der Waals surface area contributed by atoms with Crippen molar-refractivity contribution < 1.29 is 13.6 Å².